The minimum absolute atomic E-state index is 0.0474. The van der Waals surface area contributed by atoms with Crippen LogP contribution in [-0.2, 0) is 11.3 Å². The van der Waals surface area contributed by atoms with Gasteiger partial charge in [-0.1, -0.05) is 6.92 Å². The molecule has 2 saturated heterocycles. The molecule has 0 saturated carbocycles. The molecule has 3 heterocycles. The average molecular weight is 344 g/mol. The zero-order valence-electron chi connectivity index (χ0n) is 15.0. The number of likely N-dealkylation sites (tertiary alicyclic amines) is 2. The molecule has 0 unspecified atom stereocenters. The van der Waals surface area contributed by atoms with Gasteiger partial charge in [0.2, 0.25) is 5.91 Å². The van der Waals surface area contributed by atoms with Crippen molar-refractivity contribution in [1.82, 2.24) is 20.1 Å². The second kappa shape index (κ2) is 8.32. The first-order valence-electron chi connectivity index (χ1n) is 9.34. The Bertz CT molecular complexity index is 584. The zero-order chi connectivity index (χ0) is 17.6. The first kappa shape index (κ1) is 17.7. The third kappa shape index (κ3) is 4.71. The third-order valence-electron chi connectivity index (χ3n) is 5.35. The van der Waals surface area contributed by atoms with Crippen LogP contribution in [0, 0.1) is 11.8 Å². The molecule has 3 amide bonds. The number of rotatable bonds is 3. The molecule has 1 aromatic rings. The van der Waals surface area contributed by atoms with Crippen molar-refractivity contribution >= 4 is 11.9 Å². The van der Waals surface area contributed by atoms with Crippen LogP contribution in [0.2, 0.25) is 0 Å². The molecule has 0 aliphatic carbocycles. The molecular weight excluding hydrogens is 316 g/mol. The van der Waals surface area contributed by atoms with Gasteiger partial charge in [0.25, 0.3) is 0 Å². The summed E-state index contributed by atoms with van der Waals surface area (Å²) in [7, 11) is 0. The summed E-state index contributed by atoms with van der Waals surface area (Å²) in [6, 6.07) is 3.70. The summed E-state index contributed by atoms with van der Waals surface area (Å²) in [5.41, 5.74) is 1.02. The number of aromatic nitrogens is 1. The van der Waals surface area contributed by atoms with E-state index in [0.717, 1.165) is 50.9 Å². The highest BCUT2D eigenvalue weighted by atomic mass is 16.2. The van der Waals surface area contributed by atoms with E-state index in [4.69, 9.17) is 0 Å². The summed E-state index contributed by atoms with van der Waals surface area (Å²) in [6.07, 6.45) is 7.40. The molecular formula is C19H28N4O2. The molecule has 0 bridgehead atoms. The van der Waals surface area contributed by atoms with Crippen molar-refractivity contribution in [2.45, 2.75) is 39.2 Å². The second-order valence-electron chi connectivity index (χ2n) is 7.31. The number of nitrogens with one attached hydrogen (secondary N) is 1. The van der Waals surface area contributed by atoms with Gasteiger partial charge in [-0.05, 0) is 49.3 Å². The Morgan fingerprint density at radius 3 is 2.56 bits per heavy atom. The standard InChI is InChI=1S/C19H28N4O2/c1-15-6-11-22(12-7-15)18(24)17-3-2-10-23(14-17)19(25)21-13-16-4-8-20-9-5-16/h4-5,8-9,15,17H,2-3,6-7,10-14H2,1H3,(H,21,25)/t17-/m1/s1. The maximum Gasteiger partial charge on any atom is 0.317 e. The molecule has 0 radical (unpaired) electrons. The van der Waals surface area contributed by atoms with Crippen molar-refractivity contribution in [3.8, 4) is 0 Å². The molecule has 6 heteroatoms. The number of carbonyl (C=O) groups is 2. The molecule has 136 valence electrons. The minimum Gasteiger partial charge on any atom is -0.342 e. The lowest BCUT2D eigenvalue weighted by Crippen LogP contribution is -2.50. The van der Waals surface area contributed by atoms with Crippen molar-refractivity contribution in [2.24, 2.45) is 11.8 Å². The molecule has 6 nitrogen and oxygen atoms in total. The van der Waals surface area contributed by atoms with Crippen molar-refractivity contribution in [3.05, 3.63) is 30.1 Å². The van der Waals surface area contributed by atoms with Gasteiger partial charge in [0.1, 0.15) is 0 Å². The fourth-order valence-electron chi connectivity index (χ4n) is 3.64. The molecule has 1 aromatic heterocycles. The van der Waals surface area contributed by atoms with E-state index in [2.05, 4.69) is 17.2 Å². The summed E-state index contributed by atoms with van der Waals surface area (Å²) in [6.45, 7) is 5.73. The van der Waals surface area contributed by atoms with Crippen LogP contribution >= 0.6 is 0 Å². The fraction of sp³-hybridized carbons (Fsp3) is 0.632. The molecule has 3 rings (SSSR count). The quantitative estimate of drug-likeness (QED) is 0.915. The van der Waals surface area contributed by atoms with Crippen molar-refractivity contribution in [2.75, 3.05) is 26.2 Å². The monoisotopic (exact) mass is 344 g/mol. The van der Waals surface area contributed by atoms with Gasteiger partial charge < -0.3 is 15.1 Å². The number of hydrogen-bond acceptors (Lipinski definition) is 3. The highest BCUT2D eigenvalue weighted by Crippen LogP contribution is 2.23. The van der Waals surface area contributed by atoms with Crippen LogP contribution in [0.3, 0.4) is 0 Å². The summed E-state index contributed by atoms with van der Waals surface area (Å²) in [5, 5.41) is 2.95. The molecule has 2 aliphatic rings. The Hall–Kier alpha value is -2.11. The van der Waals surface area contributed by atoms with E-state index in [-0.39, 0.29) is 17.9 Å². The van der Waals surface area contributed by atoms with E-state index < -0.39 is 0 Å². The van der Waals surface area contributed by atoms with Crippen molar-refractivity contribution in [3.63, 3.8) is 0 Å². The molecule has 0 aromatic carbocycles. The number of carbonyl (C=O) groups excluding carboxylic acids is 2. The van der Waals surface area contributed by atoms with Gasteiger partial charge in [0.15, 0.2) is 0 Å². The van der Waals surface area contributed by atoms with E-state index >= 15 is 0 Å². The maximum absolute atomic E-state index is 12.8. The highest BCUT2D eigenvalue weighted by Gasteiger charge is 2.32. The predicted molar refractivity (Wildman–Crippen MR) is 95.7 cm³/mol. The normalized spacial score (nSPS) is 21.9. The first-order valence-corrected chi connectivity index (χ1v) is 9.34. The van der Waals surface area contributed by atoms with E-state index in [9.17, 15) is 9.59 Å². The summed E-state index contributed by atoms with van der Waals surface area (Å²) in [4.78, 5) is 33.0. The van der Waals surface area contributed by atoms with Gasteiger partial charge in [-0.15, -0.1) is 0 Å². The van der Waals surface area contributed by atoms with Crippen molar-refractivity contribution < 1.29 is 9.59 Å². The number of hydrogen-bond donors (Lipinski definition) is 1. The lowest BCUT2D eigenvalue weighted by molar-refractivity contribution is -0.138. The van der Waals surface area contributed by atoms with E-state index in [1.54, 1.807) is 17.3 Å². The largest absolute Gasteiger partial charge is 0.342 e. The van der Waals surface area contributed by atoms with Crippen LogP contribution in [0.25, 0.3) is 0 Å². The number of pyridine rings is 1. The van der Waals surface area contributed by atoms with Crippen LogP contribution in [0.5, 0.6) is 0 Å². The molecule has 1 N–H and O–H groups in total. The van der Waals surface area contributed by atoms with Crippen molar-refractivity contribution in [1.29, 1.82) is 0 Å². The topological polar surface area (TPSA) is 65.5 Å². The zero-order valence-corrected chi connectivity index (χ0v) is 15.0. The number of nitrogens with zero attached hydrogens (tertiary/aromatic N) is 3. The van der Waals surface area contributed by atoms with E-state index in [1.165, 1.54) is 0 Å². The highest BCUT2D eigenvalue weighted by molar-refractivity contribution is 5.81. The van der Waals surface area contributed by atoms with Gasteiger partial charge in [0.05, 0.1) is 5.92 Å². The SMILES string of the molecule is CC1CCN(C(=O)[C@@H]2CCCN(C(=O)NCc3ccncc3)C2)CC1. The summed E-state index contributed by atoms with van der Waals surface area (Å²) < 4.78 is 0. The molecule has 2 fully saturated rings. The Morgan fingerprint density at radius 2 is 1.84 bits per heavy atom. The number of amides is 3. The Morgan fingerprint density at radius 1 is 1.12 bits per heavy atom. The number of urea groups is 1. The summed E-state index contributed by atoms with van der Waals surface area (Å²) in [5.74, 6) is 0.901. The Balaban J connectivity index is 1.50. The van der Waals surface area contributed by atoms with Crippen LogP contribution in [0.1, 0.15) is 38.2 Å². The predicted octanol–water partition coefficient (Wildman–Crippen LogP) is 2.26. The Kier molecular flexibility index (Phi) is 5.89. The molecule has 1 atom stereocenters. The lowest BCUT2D eigenvalue weighted by atomic mass is 9.93. The van der Waals surface area contributed by atoms with Gasteiger partial charge in [-0.3, -0.25) is 9.78 Å². The first-order chi connectivity index (χ1) is 12.1. The van der Waals surface area contributed by atoms with Gasteiger partial charge in [-0.25, -0.2) is 4.79 Å². The third-order valence-corrected chi connectivity index (χ3v) is 5.35. The van der Waals surface area contributed by atoms with Crippen LogP contribution in [0.15, 0.2) is 24.5 Å². The van der Waals surface area contributed by atoms with Gasteiger partial charge >= 0.3 is 6.03 Å². The van der Waals surface area contributed by atoms with Crippen LogP contribution in [-0.4, -0.2) is 52.9 Å². The minimum atomic E-state index is -0.0819. The maximum atomic E-state index is 12.8. The molecule has 2 aliphatic heterocycles. The molecule has 0 spiro atoms. The van der Waals surface area contributed by atoms with Gasteiger partial charge in [-0.2, -0.15) is 0 Å². The average Bonchev–Trinajstić information content (AvgIpc) is 2.67. The van der Waals surface area contributed by atoms with E-state index in [1.807, 2.05) is 17.0 Å². The Labute approximate surface area is 149 Å². The van der Waals surface area contributed by atoms with Crippen LogP contribution in [0.4, 0.5) is 4.79 Å². The second-order valence-corrected chi connectivity index (χ2v) is 7.31. The molecule has 25 heavy (non-hydrogen) atoms. The fourth-order valence-corrected chi connectivity index (χ4v) is 3.64. The lowest BCUT2D eigenvalue weighted by Gasteiger charge is -2.37. The van der Waals surface area contributed by atoms with Crippen LogP contribution < -0.4 is 5.32 Å². The smallest absolute Gasteiger partial charge is 0.317 e. The number of piperidine rings is 2. The van der Waals surface area contributed by atoms with Gasteiger partial charge in [0, 0.05) is 45.1 Å². The summed E-state index contributed by atoms with van der Waals surface area (Å²) >= 11 is 0. The van der Waals surface area contributed by atoms with E-state index in [0.29, 0.717) is 19.0 Å².